The van der Waals surface area contributed by atoms with Crippen molar-refractivity contribution in [1.82, 2.24) is 5.32 Å². The summed E-state index contributed by atoms with van der Waals surface area (Å²) >= 11 is 0. The van der Waals surface area contributed by atoms with Crippen molar-refractivity contribution in [2.24, 2.45) is 0 Å². The number of carbonyl (C=O) groups is 1. The highest BCUT2D eigenvalue weighted by Crippen LogP contribution is 2.05. The van der Waals surface area contributed by atoms with Crippen LogP contribution < -0.4 is 5.32 Å². The molecule has 0 aliphatic carbocycles. The molecule has 0 saturated heterocycles. The van der Waals surface area contributed by atoms with Crippen molar-refractivity contribution in [1.29, 1.82) is 0 Å². The Bertz CT molecular complexity index is 293. The summed E-state index contributed by atoms with van der Waals surface area (Å²) in [6.45, 7) is 2.86. The Morgan fingerprint density at radius 2 is 2.36 bits per heavy atom. The predicted molar refractivity (Wildman–Crippen MR) is 52.0 cm³/mol. The molecule has 0 aliphatic rings. The van der Waals surface area contributed by atoms with Gasteiger partial charge in [0.25, 0.3) is 0 Å². The highest BCUT2D eigenvalue weighted by molar-refractivity contribution is 5.71. The highest BCUT2D eigenvalue weighted by atomic mass is 16.5. The van der Waals surface area contributed by atoms with Crippen LogP contribution in [-0.4, -0.2) is 26.2 Å². The Labute approximate surface area is 83.2 Å². The molecule has 1 aromatic rings. The molecule has 1 N–H and O–H groups in total. The van der Waals surface area contributed by atoms with Crippen molar-refractivity contribution in [3.63, 3.8) is 0 Å². The number of hydrogen-bond donors (Lipinski definition) is 1. The number of furan rings is 1. The Morgan fingerprint density at radius 3 is 2.93 bits per heavy atom. The fourth-order valence-corrected chi connectivity index (χ4v) is 1.09. The van der Waals surface area contributed by atoms with Crippen LogP contribution in [0.4, 0.5) is 0 Å². The molecule has 0 spiro atoms. The van der Waals surface area contributed by atoms with E-state index in [0.717, 1.165) is 17.9 Å². The van der Waals surface area contributed by atoms with Crippen LogP contribution in [0.5, 0.6) is 0 Å². The summed E-state index contributed by atoms with van der Waals surface area (Å²) in [5, 5.41) is 2.96. The Kier molecular flexibility index (Phi) is 4.19. The van der Waals surface area contributed by atoms with Crippen molar-refractivity contribution in [3.8, 4) is 0 Å². The molecule has 1 rings (SSSR count). The molecule has 4 nitrogen and oxygen atoms in total. The number of rotatable bonds is 5. The van der Waals surface area contributed by atoms with Gasteiger partial charge in [-0.25, -0.2) is 0 Å². The van der Waals surface area contributed by atoms with E-state index in [1.54, 1.807) is 0 Å². The summed E-state index contributed by atoms with van der Waals surface area (Å²) in [6.07, 6.45) is 0.783. The molecule has 78 valence electrons. The Hall–Kier alpha value is -1.29. The lowest BCUT2D eigenvalue weighted by molar-refractivity contribution is -0.139. The topological polar surface area (TPSA) is 51.5 Å². The zero-order valence-corrected chi connectivity index (χ0v) is 8.50. The van der Waals surface area contributed by atoms with Gasteiger partial charge in [0.1, 0.15) is 11.5 Å². The SMILES string of the molecule is COC(=O)CNCCc1ccc(C)o1. The lowest BCUT2D eigenvalue weighted by atomic mass is 10.3. The number of nitrogens with one attached hydrogen (secondary N) is 1. The zero-order valence-electron chi connectivity index (χ0n) is 8.50. The van der Waals surface area contributed by atoms with E-state index in [1.807, 2.05) is 19.1 Å². The molecule has 0 saturated carbocycles. The third-order valence-electron chi connectivity index (χ3n) is 1.84. The van der Waals surface area contributed by atoms with Crippen LogP contribution in [-0.2, 0) is 16.0 Å². The number of esters is 1. The molecule has 0 amide bonds. The van der Waals surface area contributed by atoms with E-state index >= 15 is 0 Å². The van der Waals surface area contributed by atoms with Crippen molar-refractivity contribution in [2.75, 3.05) is 20.2 Å². The van der Waals surface area contributed by atoms with Gasteiger partial charge >= 0.3 is 5.97 Å². The van der Waals surface area contributed by atoms with Gasteiger partial charge in [-0.05, 0) is 19.1 Å². The molecular weight excluding hydrogens is 182 g/mol. The van der Waals surface area contributed by atoms with E-state index in [9.17, 15) is 4.79 Å². The fraction of sp³-hybridized carbons (Fsp3) is 0.500. The van der Waals surface area contributed by atoms with Crippen molar-refractivity contribution < 1.29 is 13.9 Å². The monoisotopic (exact) mass is 197 g/mol. The average Bonchev–Trinajstić information content (AvgIpc) is 2.58. The van der Waals surface area contributed by atoms with E-state index in [2.05, 4.69) is 10.1 Å². The van der Waals surface area contributed by atoms with Gasteiger partial charge in [0.15, 0.2) is 0 Å². The van der Waals surface area contributed by atoms with E-state index in [4.69, 9.17) is 4.42 Å². The minimum absolute atomic E-state index is 0.246. The molecule has 1 heterocycles. The molecule has 0 fully saturated rings. The number of aryl methyl sites for hydroxylation is 1. The fourth-order valence-electron chi connectivity index (χ4n) is 1.09. The van der Waals surface area contributed by atoms with Crippen LogP contribution in [0.25, 0.3) is 0 Å². The summed E-state index contributed by atoms with van der Waals surface area (Å²) in [6, 6.07) is 3.87. The van der Waals surface area contributed by atoms with E-state index in [-0.39, 0.29) is 12.5 Å². The highest BCUT2D eigenvalue weighted by Gasteiger charge is 2.00. The molecule has 4 heteroatoms. The van der Waals surface area contributed by atoms with Gasteiger partial charge in [-0.1, -0.05) is 0 Å². The molecule has 0 aromatic carbocycles. The average molecular weight is 197 g/mol. The first-order valence-corrected chi connectivity index (χ1v) is 4.55. The smallest absolute Gasteiger partial charge is 0.319 e. The number of carbonyl (C=O) groups excluding carboxylic acids is 1. The van der Waals surface area contributed by atoms with Crippen LogP contribution in [0.1, 0.15) is 11.5 Å². The van der Waals surface area contributed by atoms with Crippen LogP contribution in [0.3, 0.4) is 0 Å². The summed E-state index contributed by atoms with van der Waals surface area (Å²) in [5.41, 5.74) is 0. The van der Waals surface area contributed by atoms with Gasteiger partial charge in [0.2, 0.25) is 0 Å². The number of methoxy groups -OCH3 is 1. The lowest BCUT2D eigenvalue weighted by Crippen LogP contribution is -2.25. The molecule has 0 atom stereocenters. The Balaban J connectivity index is 2.13. The predicted octanol–water partition coefficient (Wildman–Crippen LogP) is 0.893. The van der Waals surface area contributed by atoms with Gasteiger partial charge in [-0.15, -0.1) is 0 Å². The standard InChI is InChI=1S/C10H15NO3/c1-8-3-4-9(14-8)5-6-11-7-10(12)13-2/h3-4,11H,5-7H2,1-2H3. The minimum Gasteiger partial charge on any atom is -0.468 e. The molecule has 0 radical (unpaired) electrons. The quantitative estimate of drug-likeness (QED) is 0.562. The Morgan fingerprint density at radius 1 is 1.57 bits per heavy atom. The second kappa shape index (κ2) is 5.44. The van der Waals surface area contributed by atoms with Gasteiger partial charge in [0, 0.05) is 13.0 Å². The van der Waals surface area contributed by atoms with E-state index < -0.39 is 0 Å². The molecular formula is C10H15NO3. The van der Waals surface area contributed by atoms with Gasteiger partial charge in [-0.3, -0.25) is 4.79 Å². The zero-order chi connectivity index (χ0) is 10.4. The second-order valence-corrected chi connectivity index (χ2v) is 3.02. The summed E-state index contributed by atoms with van der Waals surface area (Å²) in [7, 11) is 1.37. The van der Waals surface area contributed by atoms with Crippen LogP contribution in [0.15, 0.2) is 16.5 Å². The van der Waals surface area contributed by atoms with Crippen LogP contribution in [0, 0.1) is 6.92 Å². The summed E-state index contributed by atoms with van der Waals surface area (Å²) < 4.78 is 9.84. The summed E-state index contributed by atoms with van der Waals surface area (Å²) in [4.78, 5) is 10.7. The lowest BCUT2D eigenvalue weighted by Gasteiger charge is -2.01. The molecule has 14 heavy (non-hydrogen) atoms. The normalized spacial score (nSPS) is 10.1. The van der Waals surface area contributed by atoms with Gasteiger partial charge < -0.3 is 14.5 Å². The summed E-state index contributed by atoms with van der Waals surface area (Å²) in [5.74, 6) is 1.59. The van der Waals surface area contributed by atoms with E-state index in [0.29, 0.717) is 6.54 Å². The van der Waals surface area contributed by atoms with E-state index in [1.165, 1.54) is 7.11 Å². The maximum Gasteiger partial charge on any atom is 0.319 e. The molecule has 0 aliphatic heterocycles. The van der Waals surface area contributed by atoms with Crippen molar-refractivity contribution >= 4 is 5.97 Å². The molecule has 1 aromatic heterocycles. The van der Waals surface area contributed by atoms with Gasteiger partial charge in [0.05, 0.1) is 13.7 Å². The van der Waals surface area contributed by atoms with Crippen LogP contribution >= 0.6 is 0 Å². The molecule has 0 unspecified atom stereocenters. The second-order valence-electron chi connectivity index (χ2n) is 3.02. The first kappa shape index (κ1) is 10.8. The first-order valence-electron chi connectivity index (χ1n) is 4.55. The van der Waals surface area contributed by atoms with Crippen molar-refractivity contribution in [3.05, 3.63) is 23.7 Å². The largest absolute Gasteiger partial charge is 0.468 e. The number of ether oxygens (including phenoxy) is 1. The van der Waals surface area contributed by atoms with Crippen LogP contribution in [0.2, 0.25) is 0 Å². The van der Waals surface area contributed by atoms with Crippen molar-refractivity contribution in [2.45, 2.75) is 13.3 Å². The third-order valence-corrected chi connectivity index (χ3v) is 1.84. The molecule has 0 bridgehead atoms. The first-order chi connectivity index (χ1) is 6.72. The number of hydrogen-bond acceptors (Lipinski definition) is 4. The van der Waals surface area contributed by atoms with Gasteiger partial charge in [-0.2, -0.15) is 0 Å². The minimum atomic E-state index is -0.249. The maximum absolute atomic E-state index is 10.7. The third kappa shape index (κ3) is 3.62. The maximum atomic E-state index is 10.7.